The van der Waals surface area contributed by atoms with E-state index in [1.165, 1.54) is 31.2 Å². The van der Waals surface area contributed by atoms with E-state index < -0.39 is 10.0 Å². The molecule has 25 heavy (non-hydrogen) atoms. The van der Waals surface area contributed by atoms with Crippen molar-refractivity contribution in [3.8, 4) is 0 Å². The number of nitrogens with one attached hydrogen (secondary N) is 3. The average molecular weight is 361 g/mol. The molecule has 0 heterocycles. The lowest BCUT2D eigenvalue weighted by Gasteiger charge is -2.10. The fourth-order valence-corrected chi connectivity index (χ4v) is 3.16. The quantitative estimate of drug-likeness (QED) is 0.729. The van der Waals surface area contributed by atoms with Crippen LogP contribution in [0.3, 0.4) is 0 Å². The van der Waals surface area contributed by atoms with E-state index in [9.17, 15) is 18.0 Å². The fourth-order valence-electron chi connectivity index (χ4n) is 2.10. The van der Waals surface area contributed by atoms with Crippen LogP contribution in [0.4, 0.5) is 11.4 Å². The van der Waals surface area contributed by atoms with Crippen LogP contribution in [0.1, 0.15) is 12.5 Å². The third-order valence-corrected chi connectivity index (χ3v) is 4.73. The number of likely N-dealkylation sites (N-methyl/N-ethyl adjacent to an activating group) is 1. The van der Waals surface area contributed by atoms with E-state index in [0.29, 0.717) is 11.4 Å². The van der Waals surface area contributed by atoms with Crippen LogP contribution in [0.15, 0.2) is 53.4 Å². The van der Waals surface area contributed by atoms with Crippen LogP contribution in [-0.2, 0) is 26.0 Å². The van der Waals surface area contributed by atoms with Crippen molar-refractivity contribution >= 4 is 33.2 Å². The molecule has 3 N–H and O–H groups in total. The second-order valence-electron chi connectivity index (χ2n) is 5.36. The van der Waals surface area contributed by atoms with Gasteiger partial charge in [0.05, 0.1) is 11.3 Å². The van der Waals surface area contributed by atoms with Gasteiger partial charge in [-0.3, -0.25) is 14.3 Å². The van der Waals surface area contributed by atoms with Crippen molar-refractivity contribution in [2.24, 2.45) is 0 Å². The summed E-state index contributed by atoms with van der Waals surface area (Å²) in [6.45, 7) is 1.38. The molecular weight excluding hydrogens is 342 g/mol. The van der Waals surface area contributed by atoms with Crippen LogP contribution in [0, 0.1) is 0 Å². The Balaban J connectivity index is 2.10. The van der Waals surface area contributed by atoms with E-state index in [-0.39, 0.29) is 23.1 Å². The van der Waals surface area contributed by atoms with Gasteiger partial charge in [-0.2, -0.15) is 0 Å². The van der Waals surface area contributed by atoms with Gasteiger partial charge in [-0.15, -0.1) is 0 Å². The maximum absolute atomic E-state index is 12.4. The van der Waals surface area contributed by atoms with Crippen molar-refractivity contribution in [2.45, 2.75) is 18.2 Å². The van der Waals surface area contributed by atoms with E-state index in [2.05, 4.69) is 15.4 Å². The zero-order valence-corrected chi connectivity index (χ0v) is 14.7. The summed E-state index contributed by atoms with van der Waals surface area (Å²) >= 11 is 0. The number of anilines is 2. The zero-order chi connectivity index (χ0) is 18.4. The lowest BCUT2D eigenvalue weighted by atomic mass is 10.1. The van der Waals surface area contributed by atoms with Crippen molar-refractivity contribution in [2.75, 3.05) is 17.1 Å². The van der Waals surface area contributed by atoms with Gasteiger partial charge in [-0.1, -0.05) is 12.1 Å². The normalized spacial score (nSPS) is 10.8. The Labute approximate surface area is 146 Å². The monoisotopic (exact) mass is 361 g/mol. The SMILES string of the molecule is CNC(=O)Cc1ccc(NS(=O)(=O)c2ccc(NC(C)=O)cc2)cc1. The molecule has 0 fully saturated rings. The van der Waals surface area contributed by atoms with E-state index in [4.69, 9.17) is 0 Å². The van der Waals surface area contributed by atoms with Crippen molar-refractivity contribution in [1.82, 2.24) is 5.32 Å². The van der Waals surface area contributed by atoms with Gasteiger partial charge in [0.25, 0.3) is 10.0 Å². The third-order valence-electron chi connectivity index (χ3n) is 3.33. The largest absolute Gasteiger partial charge is 0.359 e. The summed E-state index contributed by atoms with van der Waals surface area (Å²) in [5.41, 5.74) is 1.69. The molecule has 2 rings (SSSR count). The van der Waals surface area contributed by atoms with Gasteiger partial charge in [0.1, 0.15) is 0 Å². The summed E-state index contributed by atoms with van der Waals surface area (Å²) in [7, 11) is -2.18. The second kappa shape index (κ2) is 7.80. The highest BCUT2D eigenvalue weighted by Crippen LogP contribution is 2.19. The molecule has 2 aromatic carbocycles. The average Bonchev–Trinajstić information content (AvgIpc) is 2.56. The first-order valence-electron chi connectivity index (χ1n) is 7.50. The van der Waals surface area contributed by atoms with Gasteiger partial charge < -0.3 is 10.6 Å². The molecule has 0 aliphatic carbocycles. The Bertz CT molecular complexity index is 860. The van der Waals surface area contributed by atoms with Crippen molar-refractivity contribution in [1.29, 1.82) is 0 Å². The molecule has 0 unspecified atom stereocenters. The summed E-state index contributed by atoms with van der Waals surface area (Å²) < 4.78 is 27.2. The van der Waals surface area contributed by atoms with Gasteiger partial charge in [0, 0.05) is 25.3 Å². The Hall–Kier alpha value is -2.87. The minimum absolute atomic E-state index is 0.0797. The van der Waals surface area contributed by atoms with Crippen LogP contribution in [0.5, 0.6) is 0 Å². The third kappa shape index (κ3) is 5.32. The van der Waals surface area contributed by atoms with E-state index in [1.807, 2.05) is 0 Å². The number of carbonyl (C=O) groups is 2. The standard InChI is InChI=1S/C17H19N3O4S/c1-12(21)19-14-7-9-16(10-8-14)25(23,24)20-15-5-3-13(4-6-15)11-17(22)18-2/h3-10,20H,11H2,1-2H3,(H,18,22)(H,19,21). The van der Waals surface area contributed by atoms with Crippen LogP contribution in [0.2, 0.25) is 0 Å². The molecule has 2 aromatic rings. The molecule has 0 spiro atoms. The first-order valence-corrected chi connectivity index (χ1v) is 8.98. The van der Waals surface area contributed by atoms with E-state index in [0.717, 1.165) is 5.56 Å². The summed E-state index contributed by atoms with van der Waals surface area (Å²) in [6, 6.07) is 12.4. The minimum Gasteiger partial charge on any atom is -0.359 e. The highest BCUT2D eigenvalue weighted by molar-refractivity contribution is 7.92. The Morgan fingerprint density at radius 3 is 2.00 bits per heavy atom. The van der Waals surface area contributed by atoms with Crippen LogP contribution >= 0.6 is 0 Å². The molecular formula is C17H19N3O4S. The maximum atomic E-state index is 12.4. The van der Waals surface area contributed by atoms with Crippen LogP contribution in [0.25, 0.3) is 0 Å². The highest BCUT2D eigenvalue weighted by Gasteiger charge is 2.14. The summed E-state index contributed by atoms with van der Waals surface area (Å²) in [4.78, 5) is 22.4. The number of hydrogen-bond donors (Lipinski definition) is 3. The molecule has 0 radical (unpaired) electrons. The van der Waals surface area contributed by atoms with Gasteiger partial charge in [0.15, 0.2) is 0 Å². The molecule has 132 valence electrons. The minimum atomic E-state index is -3.74. The van der Waals surface area contributed by atoms with Gasteiger partial charge in [-0.25, -0.2) is 8.42 Å². The molecule has 2 amide bonds. The topological polar surface area (TPSA) is 104 Å². The van der Waals surface area contributed by atoms with Crippen LogP contribution < -0.4 is 15.4 Å². The Kier molecular flexibility index (Phi) is 5.76. The van der Waals surface area contributed by atoms with Crippen molar-refractivity contribution < 1.29 is 18.0 Å². The first kappa shape index (κ1) is 18.5. The summed E-state index contributed by atoms with van der Waals surface area (Å²) in [5, 5.41) is 5.10. The van der Waals surface area contributed by atoms with Crippen molar-refractivity contribution in [3.63, 3.8) is 0 Å². The van der Waals surface area contributed by atoms with E-state index >= 15 is 0 Å². The number of benzene rings is 2. The highest BCUT2D eigenvalue weighted by atomic mass is 32.2. The van der Waals surface area contributed by atoms with Crippen molar-refractivity contribution in [3.05, 3.63) is 54.1 Å². The zero-order valence-electron chi connectivity index (χ0n) is 13.9. The fraction of sp³-hybridized carbons (Fsp3) is 0.176. The number of sulfonamides is 1. The second-order valence-corrected chi connectivity index (χ2v) is 7.04. The van der Waals surface area contributed by atoms with Gasteiger partial charge >= 0.3 is 0 Å². The molecule has 0 aromatic heterocycles. The molecule has 0 bridgehead atoms. The molecule has 7 nitrogen and oxygen atoms in total. The van der Waals surface area contributed by atoms with Crippen LogP contribution in [-0.4, -0.2) is 27.3 Å². The Morgan fingerprint density at radius 2 is 1.48 bits per heavy atom. The molecule has 0 saturated carbocycles. The van der Waals surface area contributed by atoms with Gasteiger partial charge in [-0.05, 0) is 42.0 Å². The predicted octanol–water partition coefficient (Wildman–Crippen LogP) is 1.73. The summed E-state index contributed by atoms with van der Waals surface area (Å²) in [6.07, 6.45) is 0.230. The molecule has 0 aliphatic rings. The van der Waals surface area contributed by atoms with E-state index in [1.54, 1.807) is 31.3 Å². The number of rotatable bonds is 6. The molecule has 0 aliphatic heterocycles. The van der Waals surface area contributed by atoms with Gasteiger partial charge in [0.2, 0.25) is 11.8 Å². The lowest BCUT2D eigenvalue weighted by Crippen LogP contribution is -2.19. The maximum Gasteiger partial charge on any atom is 0.261 e. The number of carbonyl (C=O) groups excluding carboxylic acids is 2. The smallest absolute Gasteiger partial charge is 0.261 e. The number of amides is 2. The predicted molar refractivity (Wildman–Crippen MR) is 95.8 cm³/mol. The summed E-state index contributed by atoms with van der Waals surface area (Å²) in [5.74, 6) is -0.349. The lowest BCUT2D eigenvalue weighted by molar-refractivity contribution is -0.120. The Morgan fingerprint density at radius 1 is 0.920 bits per heavy atom. The molecule has 0 atom stereocenters. The molecule has 8 heteroatoms. The number of hydrogen-bond acceptors (Lipinski definition) is 4. The molecule has 0 saturated heterocycles. The first-order chi connectivity index (χ1) is 11.8.